The van der Waals surface area contributed by atoms with Crippen molar-refractivity contribution >= 4 is 44.2 Å². The molecular formula is C18H10BrNO2. The molecule has 0 unspecified atom stereocenters. The Morgan fingerprint density at radius 3 is 2.00 bits per heavy atom. The van der Waals surface area contributed by atoms with Crippen LogP contribution in [0.1, 0.15) is 20.7 Å². The van der Waals surface area contributed by atoms with Gasteiger partial charge in [0.15, 0.2) is 0 Å². The van der Waals surface area contributed by atoms with Crippen molar-refractivity contribution in [1.82, 2.24) is 0 Å². The number of rotatable bonds is 1. The van der Waals surface area contributed by atoms with Gasteiger partial charge < -0.3 is 0 Å². The molecule has 106 valence electrons. The van der Waals surface area contributed by atoms with E-state index >= 15 is 0 Å². The van der Waals surface area contributed by atoms with Crippen molar-refractivity contribution in [2.45, 2.75) is 0 Å². The molecule has 3 aromatic rings. The molecule has 1 heterocycles. The third-order valence-electron chi connectivity index (χ3n) is 3.84. The summed E-state index contributed by atoms with van der Waals surface area (Å²) < 4.78 is 0.994. The standard InChI is InChI=1S/C18H10BrNO2/c19-13-7-5-12-10-14(8-6-11(12)9-13)20-17(21)15-3-1-2-4-16(15)18(20)22/h1-10H. The van der Waals surface area contributed by atoms with Crippen LogP contribution in [0.25, 0.3) is 10.8 Å². The monoisotopic (exact) mass is 351 g/mol. The van der Waals surface area contributed by atoms with Crippen molar-refractivity contribution in [2.24, 2.45) is 0 Å². The first-order chi connectivity index (χ1) is 10.6. The Hall–Kier alpha value is -2.46. The summed E-state index contributed by atoms with van der Waals surface area (Å²) in [4.78, 5) is 26.2. The highest BCUT2D eigenvalue weighted by molar-refractivity contribution is 9.10. The predicted molar refractivity (Wildman–Crippen MR) is 89.2 cm³/mol. The summed E-state index contributed by atoms with van der Waals surface area (Å²) in [6, 6.07) is 18.4. The molecule has 2 amide bonds. The van der Waals surface area contributed by atoms with E-state index in [1.165, 1.54) is 4.90 Å². The average Bonchev–Trinajstić information content (AvgIpc) is 2.79. The van der Waals surface area contributed by atoms with Gasteiger partial charge in [0.25, 0.3) is 11.8 Å². The van der Waals surface area contributed by atoms with Crippen LogP contribution in [0.2, 0.25) is 0 Å². The molecule has 1 aliphatic rings. The van der Waals surface area contributed by atoms with Crippen LogP contribution in [0, 0.1) is 0 Å². The number of benzene rings is 3. The van der Waals surface area contributed by atoms with Crippen LogP contribution in [0.4, 0.5) is 5.69 Å². The number of fused-ring (bicyclic) bond motifs is 2. The lowest BCUT2D eigenvalue weighted by molar-refractivity contribution is 0.0926. The van der Waals surface area contributed by atoms with Gasteiger partial charge in [0.1, 0.15) is 0 Å². The van der Waals surface area contributed by atoms with Gasteiger partial charge in [-0.1, -0.05) is 40.2 Å². The Balaban J connectivity index is 1.85. The van der Waals surface area contributed by atoms with Crippen LogP contribution in [0.15, 0.2) is 65.1 Å². The molecule has 0 saturated carbocycles. The Bertz CT molecular complexity index is 914. The summed E-state index contributed by atoms with van der Waals surface area (Å²) in [5, 5.41) is 2.03. The fraction of sp³-hybridized carbons (Fsp3) is 0. The Morgan fingerprint density at radius 1 is 0.727 bits per heavy atom. The van der Waals surface area contributed by atoms with Gasteiger partial charge in [0.2, 0.25) is 0 Å². The SMILES string of the molecule is O=C1c2ccccc2C(=O)N1c1ccc2cc(Br)ccc2c1. The summed E-state index contributed by atoms with van der Waals surface area (Å²) in [5.74, 6) is -0.533. The van der Waals surface area contributed by atoms with E-state index in [9.17, 15) is 9.59 Å². The number of anilines is 1. The molecular weight excluding hydrogens is 342 g/mol. The topological polar surface area (TPSA) is 37.4 Å². The molecule has 3 aromatic carbocycles. The highest BCUT2D eigenvalue weighted by Crippen LogP contribution is 2.31. The fourth-order valence-corrected chi connectivity index (χ4v) is 3.15. The molecule has 0 bridgehead atoms. The predicted octanol–water partition coefficient (Wildman–Crippen LogP) is 4.40. The molecule has 3 nitrogen and oxygen atoms in total. The van der Waals surface area contributed by atoms with Crippen molar-refractivity contribution in [3.05, 3.63) is 76.3 Å². The van der Waals surface area contributed by atoms with Crippen LogP contribution >= 0.6 is 15.9 Å². The van der Waals surface area contributed by atoms with Crippen LogP contribution in [0.5, 0.6) is 0 Å². The highest BCUT2D eigenvalue weighted by atomic mass is 79.9. The molecule has 22 heavy (non-hydrogen) atoms. The minimum Gasteiger partial charge on any atom is -0.268 e. The third-order valence-corrected chi connectivity index (χ3v) is 4.33. The maximum absolute atomic E-state index is 12.5. The zero-order chi connectivity index (χ0) is 15.3. The highest BCUT2D eigenvalue weighted by Gasteiger charge is 2.36. The second kappa shape index (κ2) is 4.78. The van der Waals surface area contributed by atoms with Crippen LogP contribution < -0.4 is 4.90 Å². The van der Waals surface area contributed by atoms with Crippen LogP contribution in [-0.4, -0.2) is 11.8 Å². The van der Waals surface area contributed by atoms with Crippen LogP contribution in [-0.2, 0) is 0 Å². The normalized spacial score (nSPS) is 13.8. The third kappa shape index (κ3) is 1.88. The minimum absolute atomic E-state index is 0.267. The molecule has 0 aliphatic carbocycles. The van der Waals surface area contributed by atoms with E-state index in [1.54, 1.807) is 30.3 Å². The Morgan fingerprint density at radius 2 is 1.32 bits per heavy atom. The molecule has 0 spiro atoms. The Kier molecular flexibility index (Phi) is 2.87. The molecule has 4 heteroatoms. The zero-order valence-corrected chi connectivity index (χ0v) is 13.0. The number of carbonyl (C=O) groups excluding carboxylic acids is 2. The summed E-state index contributed by atoms with van der Waals surface area (Å²) in [7, 11) is 0. The van der Waals surface area contributed by atoms with E-state index in [0.717, 1.165) is 15.2 Å². The van der Waals surface area contributed by atoms with E-state index < -0.39 is 0 Å². The Labute approximate surface area is 135 Å². The van der Waals surface area contributed by atoms with Crippen LogP contribution in [0.3, 0.4) is 0 Å². The molecule has 0 aromatic heterocycles. The van der Waals surface area contributed by atoms with Gasteiger partial charge in [-0.3, -0.25) is 9.59 Å². The number of halogens is 1. The first-order valence-electron chi connectivity index (χ1n) is 6.82. The quantitative estimate of drug-likeness (QED) is 0.609. The van der Waals surface area contributed by atoms with Gasteiger partial charge >= 0.3 is 0 Å². The first kappa shape index (κ1) is 13.2. The van der Waals surface area contributed by atoms with Crippen molar-refractivity contribution in [1.29, 1.82) is 0 Å². The smallest absolute Gasteiger partial charge is 0.266 e. The molecule has 0 radical (unpaired) electrons. The lowest BCUT2D eigenvalue weighted by Crippen LogP contribution is -2.29. The summed E-state index contributed by atoms with van der Waals surface area (Å²) in [6.45, 7) is 0. The van der Waals surface area contributed by atoms with E-state index in [2.05, 4.69) is 15.9 Å². The molecule has 0 saturated heterocycles. The van der Waals surface area contributed by atoms with E-state index in [4.69, 9.17) is 0 Å². The molecule has 1 aliphatic heterocycles. The van der Waals surface area contributed by atoms with E-state index in [1.807, 2.05) is 30.3 Å². The lowest BCUT2D eigenvalue weighted by atomic mass is 10.1. The second-order valence-corrected chi connectivity index (χ2v) is 6.08. The molecule has 0 atom stereocenters. The average molecular weight is 352 g/mol. The van der Waals surface area contributed by atoms with Gasteiger partial charge in [-0.15, -0.1) is 0 Å². The first-order valence-corrected chi connectivity index (χ1v) is 7.61. The largest absolute Gasteiger partial charge is 0.268 e. The molecule has 0 N–H and O–H groups in total. The number of hydrogen-bond acceptors (Lipinski definition) is 2. The van der Waals surface area contributed by atoms with Crippen molar-refractivity contribution in [3.63, 3.8) is 0 Å². The fourth-order valence-electron chi connectivity index (χ4n) is 2.77. The minimum atomic E-state index is -0.267. The van der Waals surface area contributed by atoms with E-state index in [0.29, 0.717) is 16.8 Å². The second-order valence-electron chi connectivity index (χ2n) is 5.17. The van der Waals surface area contributed by atoms with E-state index in [-0.39, 0.29) is 11.8 Å². The lowest BCUT2D eigenvalue weighted by Gasteiger charge is -2.14. The summed E-state index contributed by atoms with van der Waals surface area (Å²) in [5.41, 5.74) is 1.52. The maximum Gasteiger partial charge on any atom is 0.266 e. The number of carbonyl (C=O) groups is 2. The van der Waals surface area contributed by atoms with Crippen molar-refractivity contribution < 1.29 is 9.59 Å². The van der Waals surface area contributed by atoms with Gasteiger partial charge in [-0.05, 0) is 47.2 Å². The summed E-state index contributed by atoms with van der Waals surface area (Å²) >= 11 is 3.44. The maximum atomic E-state index is 12.5. The van der Waals surface area contributed by atoms with Gasteiger partial charge in [0, 0.05) is 4.47 Å². The number of nitrogens with zero attached hydrogens (tertiary/aromatic N) is 1. The van der Waals surface area contributed by atoms with Gasteiger partial charge in [0.05, 0.1) is 16.8 Å². The number of imide groups is 1. The summed E-state index contributed by atoms with van der Waals surface area (Å²) in [6.07, 6.45) is 0. The molecule has 4 rings (SSSR count). The zero-order valence-electron chi connectivity index (χ0n) is 11.4. The number of hydrogen-bond donors (Lipinski definition) is 0. The van der Waals surface area contributed by atoms with Crippen molar-refractivity contribution in [3.8, 4) is 0 Å². The van der Waals surface area contributed by atoms with Crippen molar-refractivity contribution in [2.75, 3.05) is 4.90 Å². The van der Waals surface area contributed by atoms with Gasteiger partial charge in [-0.25, -0.2) is 4.90 Å². The molecule has 0 fully saturated rings. The number of amides is 2. The van der Waals surface area contributed by atoms with Gasteiger partial charge in [-0.2, -0.15) is 0 Å².